The molecule has 13 heavy (non-hydrogen) atoms. The fourth-order valence-electron chi connectivity index (χ4n) is 2.07. The Morgan fingerprint density at radius 3 is 2.92 bits per heavy atom. The summed E-state index contributed by atoms with van der Waals surface area (Å²) in [5, 5.41) is 9.49. The molecule has 2 atom stereocenters. The Kier molecular flexibility index (Phi) is 4.74. The Labute approximate surface area is 81.9 Å². The van der Waals surface area contributed by atoms with Gasteiger partial charge >= 0.3 is 0 Å². The zero-order valence-corrected chi connectivity index (χ0v) is 9.00. The normalized spacial score (nSPS) is 27.5. The summed E-state index contributed by atoms with van der Waals surface area (Å²) in [7, 11) is 0. The minimum atomic E-state index is -0.121. The molecule has 1 rings (SSSR count). The van der Waals surface area contributed by atoms with E-state index in [0.29, 0.717) is 5.92 Å². The fraction of sp³-hybridized carbons (Fsp3) is 1.00. The van der Waals surface area contributed by atoms with E-state index in [9.17, 15) is 5.11 Å². The summed E-state index contributed by atoms with van der Waals surface area (Å²) < 4.78 is 0. The number of piperidine rings is 1. The zero-order chi connectivity index (χ0) is 9.68. The number of aliphatic hydroxyl groups is 1. The Morgan fingerprint density at radius 1 is 1.54 bits per heavy atom. The molecular weight excluding hydrogens is 162 g/mol. The van der Waals surface area contributed by atoms with Crippen LogP contribution in [0.1, 0.15) is 39.5 Å². The first-order chi connectivity index (χ1) is 6.24. The van der Waals surface area contributed by atoms with Gasteiger partial charge in [-0.05, 0) is 45.2 Å². The number of rotatable bonds is 4. The van der Waals surface area contributed by atoms with Crippen LogP contribution in [0.4, 0.5) is 0 Å². The Morgan fingerprint density at radius 2 is 2.31 bits per heavy atom. The maximum absolute atomic E-state index is 9.49. The largest absolute Gasteiger partial charge is 0.393 e. The average Bonchev–Trinajstić information content (AvgIpc) is 2.15. The van der Waals surface area contributed by atoms with Gasteiger partial charge in [0.25, 0.3) is 0 Å². The van der Waals surface area contributed by atoms with Crippen LogP contribution in [0.3, 0.4) is 0 Å². The minimum Gasteiger partial charge on any atom is -0.393 e. The molecule has 0 aliphatic carbocycles. The number of unbranched alkanes of at least 4 members (excludes halogenated alkanes) is 1. The standard InChI is InChI=1S/C11H23NO/c1-3-4-7-12-8-5-6-11(9-12)10(2)13/h10-11,13H,3-9H2,1-2H3. The molecule has 2 nitrogen and oxygen atoms in total. The Hall–Kier alpha value is -0.0800. The van der Waals surface area contributed by atoms with Gasteiger partial charge in [-0.2, -0.15) is 0 Å². The van der Waals surface area contributed by atoms with Gasteiger partial charge in [0, 0.05) is 6.54 Å². The highest BCUT2D eigenvalue weighted by Gasteiger charge is 2.22. The van der Waals surface area contributed by atoms with E-state index in [1.165, 1.54) is 38.8 Å². The van der Waals surface area contributed by atoms with E-state index in [0.717, 1.165) is 6.54 Å². The van der Waals surface area contributed by atoms with Crippen molar-refractivity contribution in [3.63, 3.8) is 0 Å². The van der Waals surface area contributed by atoms with Gasteiger partial charge in [-0.1, -0.05) is 13.3 Å². The molecule has 2 heteroatoms. The first kappa shape index (κ1) is 11.0. The predicted octanol–water partition coefficient (Wildman–Crippen LogP) is 1.88. The van der Waals surface area contributed by atoms with Crippen LogP contribution in [0, 0.1) is 5.92 Å². The molecule has 0 aromatic carbocycles. The lowest BCUT2D eigenvalue weighted by Crippen LogP contribution is -2.39. The van der Waals surface area contributed by atoms with E-state index in [2.05, 4.69) is 11.8 Å². The number of hydrogen-bond donors (Lipinski definition) is 1. The molecule has 0 aromatic rings. The highest BCUT2D eigenvalue weighted by atomic mass is 16.3. The van der Waals surface area contributed by atoms with Crippen molar-refractivity contribution in [1.29, 1.82) is 0 Å². The van der Waals surface area contributed by atoms with Crippen molar-refractivity contribution in [3.8, 4) is 0 Å². The molecule has 78 valence electrons. The summed E-state index contributed by atoms with van der Waals surface area (Å²) in [6.07, 6.45) is 4.92. The average molecular weight is 185 g/mol. The summed E-state index contributed by atoms with van der Waals surface area (Å²) in [5.74, 6) is 0.519. The molecule has 1 saturated heterocycles. The summed E-state index contributed by atoms with van der Waals surface area (Å²) in [4.78, 5) is 2.50. The molecule has 1 N–H and O–H groups in total. The minimum absolute atomic E-state index is 0.121. The first-order valence-electron chi connectivity index (χ1n) is 5.64. The highest BCUT2D eigenvalue weighted by molar-refractivity contribution is 4.75. The molecule has 0 aromatic heterocycles. The number of aliphatic hydroxyl groups excluding tert-OH is 1. The first-order valence-corrected chi connectivity index (χ1v) is 5.64. The SMILES string of the molecule is CCCCN1CCCC(C(C)O)C1. The summed E-state index contributed by atoms with van der Waals surface area (Å²) in [6, 6.07) is 0. The molecule has 0 amide bonds. The number of hydrogen-bond acceptors (Lipinski definition) is 2. The lowest BCUT2D eigenvalue weighted by atomic mass is 9.93. The van der Waals surface area contributed by atoms with Crippen LogP contribution in [-0.4, -0.2) is 35.7 Å². The topological polar surface area (TPSA) is 23.5 Å². The van der Waals surface area contributed by atoms with Crippen LogP contribution in [0.2, 0.25) is 0 Å². The van der Waals surface area contributed by atoms with Gasteiger partial charge in [0.1, 0.15) is 0 Å². The molecule has 1 heterocycles. The van der Waals surface area contributed by atoms with Crippen LogP contribution < -0.4 is 0 Å². The third-order valence-corrected chi connectivity index (χ3v) is 3.05. The van der Waals surface area contributed by atoms with Crippen molar-refractivity contribution in [1.82, 2.24) is 4.90 Å². The van der Waals surface area contributed by atoms with Gasteiger partial charge < -0.3 is 10.0 Å². The van der Waals surface area contributed by atoms with E-state index in [1.807, 2.05) is 6.92 Å². The Bertz CT molecular complexity index is 136. The van der Waals surface area contributed by atoms with Crippen molar-refractivity contribution in [2.75, 3.05) is 19.6 Å². The predicted molar refractivity (Wildman–Crippen MR) is 55.8 cm³/mol. The highest BCUT2D eigenvalue weighted by Crippen LogP contribution is 2.19. The van der Waals surface area contributed by atoms with Crippen molar-refractivity contribution in [2.24, 2.45) is 5.92 Å². The molecule has 0 spiro atoms. The lowest BCUT2D eigenvalue weighted by Gasteiger charge is -2.34. The molecule has 0 bridgehead atoms. The van der Waals surface area contributed by atoms with Gasteiger partial charge in [-0.3, -0.25) is 0 Å². The fourth-order valence-corrected chi connectivity index (χ4v) is 2.07. The summed E-state index contributed by atoms with van der Waals surface area (Å²) >= 11 is 0. The van der Waals surface area contributed by atoms with Crippen molar-refractivity contribution in [2.45, 2.75) is 45.6 Å². The molecule has 1 aliphatic heterocycles. The zero-order valence-electron chi connectivity index (χ0n) is 9.00. The van der Waals surface area contributed by atoms with E-state index in [4.69, 9.17) is 0 Å². The maximum atomic E-state index is 9.49. The van der Waals surface area contributed by atoms with E-state index in [-0.39, 0.29) is 6.10 Å². The van der Waals surface area contributed by atoms with Gasteiger partial charge in [0.15, 0.2) is 0 Å². The number of nitrogens with zero attached hydrogens (tertiary/aromatic N) is 1. The quantitative estimate of drug-likeness (QED) is 0.723. The second kappa shape index (κ2) is 5.61. The van der Waals surface area contributed by atoms with Crippen molar-refractivity contribution < 1.29 is 5.11 Å². The van der Waals surface area contributed by atoms with E-state index < -0.39 is 0 Å². The molecule has 0 saturated carbocycles. The second-order valence-corrected chi connectivity index (χ2v) is 4.30. The lowest BCUT2D eigenvalue weighted by molar-refractivity contribution is 0.0624. The third-order valence-electron chi connectivity index (χ3n) is 3.05. The van der Waals surface area contributed by atoms with Crippen molar-refractivity contribution in [3.05, 3.63) is 0 Å². The van der Waals surface area contributed by atoms with Crippen LogP contribution in [0.25, 0.3) is 0 Å². The van der Waals surface area contributed by atoms with Gasteiger partial charge in [0.2, 0.25) is 0 Å². The Balaban J connectivity index is 2.25. The van der Waals surface area contributed by atoms with Crippen LogP contribution in [0.15, 0.2) is 0 Å². The van der Waals surface area contributed by atoms with Crippen LogP contribution in [-0.2, 0) is 0 Å². The summed E-state index contributed by atoms with van der Waals surface area (Å²) in [6.45, 7) is 7.73. The number of likely N-dealkylation sites (tertiary alicyclic amines) is 1. The van der Waals surface area contributed by atoms with Crippen LogP contribution >= 0.6 is 0 Å². The van der Waals surface area contributed by atoms with Crippen molar-refractivity contribution >= 4 is 0 Å². The smallest absolute Gasteiger partial charge is 0.0552 e. The molecular formula is C11H23NO. The van der Waals surface area contributed by atoms with Gasteiger partial charge in [-0.25, -0.2) is 0 Å². The second-order valence-electron chi connectivity index (χ2n) is 4.30. The van der Waals surface area contributed by atoms with E-state index >= 15 is 0 Å². The molecule has 1 aliphatic rings. The molecule has 1 fully saturated rings. The summed E-state index contributed by atoms with van der Waals surface area (Å²) in [5.41, 5.74) is 0. The third kappa shape index (κ3) is 3.65. The monoisotopic (exact) mass is 185 g/mol. The van der Waals surface area contributed by atoms with Gasteiger partial charge in [-0.15, -0.1) is 0 Å². The molecule has 0 radical (unpaired) electrons. The molecule has 2 unspecified atom stereocenters. The van der Waals surface area contributed by atoms with Crippen LogP contribution in [0.5, 0.6) is 0 Å². The van der Waals surface area contributed by atoms with E-state index in [1.54, 1.807) is 0 Å². The maximum Gasteiger partial charge on any atom is 0.0552 e. The van der Waals surface area contributed by atoms with Gasteiger partial charge in [0.05, 0.1) is 6.10 Å².